The number of nitrogens with one attached hydrogen (secondary N) is 2. The maximum Gasteiger partial charge on any atom is 0.417 e. The Labute approximate surface area is 162 Å². The maximum atomic E-state index is 13.0. The Bertz CT molecular complexity index is 853. The van der Waals surface area contributed by atoms with Crippen molar-refractivity contribution in [2.75, 3.05) is 5.32 Å². The van der Waals surface area contributed by atoms with E-state index in [2.05, 4.69) is 15.3 Å². The highest BCUT2D eigenvalue weighted by Crippen LogP contribution is 2.36. The smallest absolute Gasteiger partial charge is 0.368 e. The van der Waals surface area contributed by atoms with Gasteiger partial charge in [-0.1, -0.05) is 18.5 Å². The number of guanidine groups is 1. The van der Waals surface area contributed by atoms with Crippen LogP contribution in [0.3, 0.4) is 0 Å². The normalized spacial score (nSPS) is 13.8. The third-order valence-electron chi connectivity index (χ3n) is 3.25. The number of amides is 2. The molecule has 0 bridgehead atoms. The van der Waals surface area contributed by atoms with Gasteiger partial charge in [-0.15, -0.1) is 0 Å². The summed E-state index contributed by atoms with van der Waals surface area (Å²) in [4.78, 5) is 29.9. The Morgan fingerprint density at radius 2 is 1.89 bits per heavy atom. The molecular formula is C15H17ClF3N7O2. The lowest BCUT2D eigenvalue weighted by molar-refractivity contribution is -0.137. The van der Waals surface area contributed by atoms with Crippen LogP contribution in [-0.4, -0.2) is 35.4 Å². The number of nitrogens with zero attached hydrogens (tertiary/aromatic N) is 2. The summed E-state index contributed by atoms with van der Waals surface area (Å²) in [6, 6.07) is 1.76. The molecule has 8 N–H and O–H groups in total. The average molecular weight is 420 g/mol. The number of alkyl halides is 3. The number of hydrogen-bond acceptors (Lipinski definition) is 4. The molecule has 0 aliphatic heterocycles. The number of nitrogens with two attached hydrogens (primary N) is 3. The first kappa shape index (κ1) is 22.9. The van der Waals surface area contributed by atoms with Crippen molar-refractivity contribution < 1.29 is 22.8 Å². The Morgan fingerprint density at radius 3 is 2.36 bits per heavy atom. The quantitative estimate of drug-likeness (QED) is 0.345. The van der Waals surface area contributed by atoms with Crippen LogP contribution in [0.15, 0.2) is 28.2 Å². The second-order valence-electron chi connectivity index (χ2n) is 5.33. The first-order chi connectivity index (χ1) is 12.9. The van der Waals surface area contributed by atoms with Gasteiger partial charge in [0.25, 0.3) is 5.91 Å². The van der Waals surface area contributed by atoms with Crippen molar-refractivity contribution in [3.8, 4) is 0 Å². The molecule has 0 saturated carbocycles. The molecule has 1 rings (SSSR count). The Kier molecular flexibility index (Phi) is 7.50. The highest BCUT2D eigenvalue weighted by Gasteiger charge is 2.33. The molecular weight excluding hydrogens is 403 g/mol. The lowest BCUT2D eigenvalue weighted by Crippen LogP contribution is -2.36. The second kappa shape index (κ2) is 9.17. The number of anilines is 1. The van der Waals surface area contributed by atoms with Gasteiger partial charge in [-0.25, -0.2) is 4.99 Å². The van der Waals surface area contributed by atoms with E-state index >= 15 is 0 Å². The molecule has 0 aliphatic rings. The Hall–Kier alpha value is -3.15. The molecule has 0 heterocycles. The molecule has 28 heavy (non-hydrogen) atoms. The fourth-order valence-corrected chi connectivity index (χ4v) is 2.10. The molecule has 0 radical (unpaired) electrons. The van der Waals surface area contributed by atoms with Crippen LogP contribution in [0.25, 0.3) is 0 Å². The highest BCUT2D eigenvalue weighted by atomic mass is 35.5. The van der Waals surface area contributed by atoms with Crippen molar-refractivity contribution in [1.82, 2.24) is 0 Å². The van der Waals surface area contributed by atoms with Crippen LogP contribution in [0.2, 0.25) is 5.02 Å². The molecule has 1 aromatic carbocycles. The molecule has 1 atom stereocenters. The van der Waals surface area contributed by atoms with Gasteiger partial charge in [0.05, 0.1) is 10.6 Å². The molecule has 0 spiro atoms. The van der Waals surface area contributed by atoms with E-state index in [0.717, 1.165) is 12.1 Å². The van der Waals surface area contributed by atoms with E-state index in [4.69, 9.17) is 34.2 Å². The van der Waals surface area contributed by atoms with E-state index in [-0.39, 0.29) is 12.1 Å². The monoisotopic (exact) mass is 419 g/mol. The molecule has 2 amide bonds. The van der Waals surface area contributed by atoms with Crippen LogP contribution < -0.4 is 22.5 Å². The Balaban J connectivity index is 3.34. The summed E-state index contributed by atoms with van der Waals surface area (Å²) < 4.78 is 38.9. The van der Waals surface area contributed by atoms with Crippen LogP contribution in [0.1, 0.15) is 18.9 Å². The van der Waals surface area contributed by atoms with E-state index in [1.807, 2.05) is 0 Å². The lowest BCUT2D eigenvalue weighted by Gasteiger charge is -2.14. The molecule has 0 aromatic heterocycles. The predicted molar refractivity (Wildman–Crippen MR) is 99.3 cm³/mol. The van der Waals surface area contributed by atoms with E-state index < -0.39 is 52.1 Å². The molecule has 152 valence electrons. The SMILES string of the molecule is CC[C@@H](N=C(N)N=C(Nc1ccc(Cl)c(C(F)(F)F)c1)C(=N)C(N)=O)C(N)=O. The topological polar surface area (TPSA) is 173 Å². The predicted octanol–water partition coefficient (Wildman–Crippen LogP) is 1.25. The second-order valence-corrected chi connectivity index (χ2v) is 5.74. The summed E-state index contributed by atoms with van der Waals surface area (Å²) in [5, 5.41) is 9.45. The number of rotatable bonds is 6. The van der Waals surface area contributed by atoms with Crippen molar-refractivity contribution >= 4 is 46.6 Å². The van der Waals surface area contributed by atoms with Crippen LogP contribution in [0, 0.1) is 5.41 Å². The summed E-state index contributed by atoms with van der Waals surface area (Å²) in [6.07, 6.45) is -4.53. The van der Waals surface area contributed by atoms with Crippen molar-refractivity contribution in [2.24, 2.45) is 27.2 Å². The van der Waals surface area contributed by atoms with Gasteiger partial charge in [0.1, 0.15) is 6.04 Å². The number of carbonyl (C=O) groups is 2. The summed E-state index contributed by atoms with van der Waals surface area (Å²) in [7, 11) is 0. The van der Waals surface area contributed by atoms with Crippen molar-refractivity contribution in [1.29, 1.82) is 5.41 Å². The zero-order valence-corrected chi connectivity index (χ0v) is 15.2. The molecule has 13 heteroatoms. The highest BCUT2D eigenvalue weighted by molar-refractivity contribution is 6.67. The number of halogens is 4. The summed E-state index contributed by atoms with van der Waals surface area (Å²) >= 11 is 5.54. The number of aliphatic imine (C=N–C) groups is 2. The molecule has 0 unspecified atom stereocenters. The number of hydrogen-bond donors (Lipinski definition) is 5. The van der Waals surface area contributed by atoms with Gasteiger partial charge in [-0.2, -0.15) is 18.2 Å². The van der Waals surface area contributed by atoms with E-state index in [0.29, 0.717) is 6.07 Å². The van der Waals surface area contributed by atoms with Crippen molar-refractivity contribution in [3.05, 3.63) is 28.8 Å². The molecule has 9 nitrogen and oxygen atoms in total. The fourth-order valence-electron chi connectivity index (χ4n) is 1.88. The fraction of sp³-hybridized carbons (Fsp3) is 0.267. The minimum absolute atomic E-state index is 0.198. The minimum atomic E-state index is -4.74. The van der Waals surface area contributed by atoms with Crippen molar-refractivity contribution in [3.63, 3.8) is 0 Å². The zero-order chi connectivity index (χ0) is 21.6. The third kappa shape index (κ3) is 6.23. The summed E-state index contributed by atoms with van der Waals surface area (Å²) in [5.74, 6) is -3.13. The van der Waals surface area contributed by atoms with Gasteiger partial charge < -0.3 is 22.5 Å². The standard InChI is InChI=1S/C15H17ClF3N7O2/c1-2-9(11(21)27)25-14(23)26-13(10(20)12(22)28)24-6-3-4-8(16)7(5-6)15(17,18)19/h3-5,9,20H,2H2,1H3,(H2,21,27)(H2,22,28)(H3,23,24,25,26)/t9-/m1/s1. The first-order valence-electron chi connectivity index (χ1n) is 7.60. The van der Waals surface area contributed by atoms with Crippen LogP contribution in [0.4, 0.5) is 18.9 Å². The molecule has 0 aliphatic carbocycles. The third-order valence-corrected chi connectivity index (χ3v) is 3.58. The van der Waals surface area contributed by atoms with E-state index in [9.17, 15) is 22.8 Å². The number of amidine groups is 1. The van der Waals surface area contributed by atoms with Gasteiger partial charge in [0, 0.05) is 5.69 Å². The summed E-state index contributed by atoms with van der Waals surface area (Å²) in [5.41, 5.74) is 13.5. The van der Waals surface area contributed by atoms with Crippen molar-refractivity contribution in [2.45, 2.75) is 25.6 Å². The first-order valence-corrected chi connectivity index (χ1v) is 7.98. The van der Waals surface area contributed by atoms with Crippen LogP contribution in [0.5, 0.6) is 0 Å². The van der Waals surface area contributed by atoms with Gasteiger partial charge in [0.15, 0.2) is 11.5 Å². The number of primary amides is 2. The minimum Gasteiger partial charge on any atom is -0.368 e. The van der Waals surface area contributed by atoms with Crippen LogP contribution >= 0.6 is 11.6 Å². The Morgan fingerprint density at radius 1 is 1.29 bits per heavy atom. The maximum absolute atomic E-state index is 13.0. The van der Waals surface area contributed by atoms with Crippen LogP contribution in [-0.2, 0) is 15.8 Å². The van der Waals surface area contributed by atoms with Gasteiger partial charge >= 0.3 is 6.18 Å². The average Bonchev–Trinajstić information content (AvgIpc) is 2.58. The van der Waals surface area contributed by atoms with Gasteiger partial charge in [-0.3, -0.25) is 15.0 Å². The van der Waals surface area contributed by atoms with E-state index in [1.54, 1.807) is 6.92 Å². The largest absolute Gasteiger partial charge is 0.417 e. The molecule has 1 aromatic rings. The number of benzene rings is 1. The van der Waals surface area contributed by atoms with Gasteiger partial charge in [-0.05, 0) is 24.6 Å². The van der Waals surface area contributed by atoms with Gasteiger partial charge in [0.2, 0.25) is 11.9 Å². The van der Waals surface area contributed by atoms with E-state index in [1.165, 1.54) is 0 Å². The molecule has 0 fully saturated rings. The lowest BCUT2D eigenvalue weighted by atomic mass is 10.2. The molecule has 0 saturated heterocycles. The zero-order valence-electron chi connectivity index (χ0n) is 14.5. The number of carbonyl (C=O) groups excluding carboxylic acids is 2. The summed E-state index contributed by atoms with van der Waals surface area (Å²) in [6.45, 7) is 1.60.